The fourth-order valence-corrected chi connectivity index (χ4v) is 3.32. The van der Waals surface area contributed by atoms with Gasteiger partial charge < -0.3 is 10.6 Å². The minimum Gasteiger partial charge on any atom is -0.352 e. The summed E-state index contributed by atoms with van der Waals surface area (Å²) in [5, 5.41) is 15.6. The Morgan fingerprint density at radius 3 is 2.38 bits per heavy atom. The summed E-state index contributed by atoms with van der Waals surface area (Å²) in [4.78, 5) is 8.23. The van der Waals surface area contributed by atoms with E-state index in [-0.39, 0.29) is 12.2 Å². The quantitative estimate of drug-likeness (QED) is 0.496. The molecule has 0 spiro atoms. The van der Waals surface area contributed by atoms with Crippen LogP contribution in [0.4, 0.5) is 5.82 Å². The van der Waals surface area contributed by atoms with Gasteiger partial charge in [-0.15, -0.1) is 0 Å². The van der Waals surface area contributed by atoms with Crippen LogP contribution in [0.5, 0.6) is 0 Å². The van der Waals surface area contributed by atoms with E-state index in [0.717, 1.165) is 19.5 Å². The van der Waals surface area contributed by atoms with Gasteiger partial charge in [-0.05, 0) is 16.7 Å². The largest absolute Gasteiger partial charge is 0.352 e. The van der Waals surface area contributed by atoms with E-state index in [0.29, 0.717) is 11.5 Å². The van der Waals surface area contributed by atoms with Crippen LogP contribution in [0.3, 0.4) is 0 Å². The zero-order chi connectivity index (χ0) is 19.9. The number of anilines is 1. The molecule has 0 radical (unpaired) electrons. The number of nitriles is 1. The van der Waals surface area contributed by atoms with E-state index in [9.17, 15) is 0 Å². The lowest BCUT2D eigenvalue weighted by Gasteiger charge is -2.12. The molecule has 2 atom stereocenters. The van der Waals surface area contributed by atoms with Gasteiger partial charge in [-0.2, -0.15) is 5.26 Å². The number of hydrazine groups is 1. The first kappa shape index (κ1) is 19.0. The van der Waals surface area contributed by atoms with Crippen LogP contribution in [0.1, 0.15) is 34.8 Å². The molecule has 146 valence electrons. The molecular weight excluding hydrogens is 362 g/mol. The summed E-state index contributed by atoms with van der Waals surface area (Å²) in [6.07, 6.45) is 3.94. The predicted octanol–water partition coefficient (Wildman–Crippen LogP) is 2.62. The highest BCUT2D eigenvalue weighted by atomic mass is 15.5. The van der Waals surface area contributed by atoms with Crippen molar-refractivity contribution in [2.75, 3.05) is 5.32 Å². The summed E-state index contributed by atoms with van der Waals surface area (Å²) < 4.78 is 0. The van der Waals surface area contributed by atoms with E-state index < -0.39 is 0 Å². The zero-order valence-electron chi connectivity index (χ0n) is 16.0. The van der Waals surface area contributed by atoms with E-state index in [4.69, 9.17) is 5.26 Å². The number of hydrogen-bond donors (Lipinski definition) is 4. The maximum Gasteiger partial charge on any atom is 0.158 e. The molecule has 0 aliphatic carbocycles. The fourth-order valence-electron chi connectivity index (χ4n) is 3.32. The van der Waals surface area contributed by atoms with Crippen LogP contribution in [-0.4, -0.2) is 16.1 Å². The Labute approximate surface area is 170 Å². The van der Waals surface area contributed by atoms with Gasteiger partial charge in [-0.25, -0.2) is 20.8 Å². The third kappa shape index (κ3) is 5.15. The molecule has 1 fully saturated rings. The topological polar surface area (TPSA) is 97.7 Å². The van der Waals surface area contributed by atoms with Crippen molar-refractivity contribution in [2.45, 2.75) is 31.7 Å². The number of nitrogens with one attached hydrogen (secondary N) is 4. The van der Waals surface area contributed by atoms with Gasteiger partial charge in [0.1, 0.15) is 11.9 Å². The van der Waals surface area contributed by atoms with Crippen LogP contribution in [0.25, 0.3) is 0 Å². The molecule has 3 aromatic rings. The van der Waals surface area contributed by atoms with Gasteiger partial charge in [0.15, 0.2) is 5.69 Å². The first-order chi connectivity index (χ1) is 14.3. The molecule has 4 rings (SSSR count). The van der Waals surface area contributed by atoms with Crippen molar-refractivity contribution in [3.8, 4) is 6.07 Å². The fraction of sp³-hybridized carbons (Fsp3) is 0.227. The highest BCUT2D eigenvalue weighted by Crippen LogP contribution is 2.23. The van der Waals surface area contributed by atoms with Crippen LogP contribution in [0.2, 0.25) is 0 Å². The number of hydrogen-bond acceptors (Lipinski definition) is 7. The monoisotopic (exact) mass is 385 g/mol. The van der Waals surface area contributed by atoms with Crippen LogP contribution >= 0.6 is 0 Å². The van der Waals surface area contributed by atoms with Crippen molar-refractivity contribution in [3.63, 3.8) is 0 Å². The van der Waals surface area contributed by atoms with E-state index in [1.54, 1.807) is 6.20 Å². The predicted molar refractivity (Wildman–Crippen MR) is 111 cm³/mol. The van der Waals surface area contributed by atoms with Gasteiger partial charge in [-0.3, -0.25) is 0 Å². The Hall–Kier alpha value is -3.31. The van der Waals surface area contributed by atoms with Gasteiger partial charge in [-0.1, -0.05) is 54.6 Å². The SMILES string of the molecule is N#Cc1cnc(NC2CC(c3ccc(CNCc4ccccc4)cc3)NN2)cn1. The van der Waals surface area contributed by atoms with Crippen molar-refractivity contribution >= 4 is 5.82 Å². The molecule has 1 aromatic heterocycles. The second-order valence-electron chi connectivity index (χ2n) is 7.00. The minimum atomic E-state index is 0.0365. The number of aromatic nitrogens is 2. The summed E-state index contributed by atoms with van der Waals surface area (Å²) in [6.45, 7) is 1.70. The number of rotatable bonds is 7. The molecule has 1 aliphatic rings. The van der Waals surface area contributed by atoms with Gasteiger partial charge in [0, 0.05) is 25.6 Å². The third-order valence-electron chi connectivity index (χ3n) is 4.87. The Balaban J connectivity index is 1.26. The highest BCUT2D eigenvalue weighted by molar-refractivity contribution is 5.35. The number of nitrogens with zero attached hydrogens (tertiary/aromatic N) is 3. The second kappa shape index (κ2) is 9.26. The highest BCUT2D eigenvalue weighted by Gasteiger charge is 2.25. The summed E-state index contributed by atoms with van der Waals surface area (Å²) in [6, 6.07) is 21.3. The maximum absolute atomic E-state index is 8.79. The van der Waals surface area contributed by atoms with Crippen molar-refractivity contribution in [3.05, 3.63) is 89.4 Å². The molecule has 7 nitrogen and oxygen atoms in total. The minimum absolute atomic E-state index is 0.0365. The average Bonchev–Trinajstić information content (AvgIpc) is 3.24. The van der Waals surface area contributed by atoms with Gasteiger partial charge in [0.25, 0.3) is 0 Å². The summed E-state index contributed by atoms with van der Waals surface area (Å²) in [7, 11) is 0. The lowest BCUT2D eigenvalue weighted by Crippen LogP contribution is -2.36. The first-order valence-corrected chi connectivity index (χ1v) is 9.63. The normalized spacial score (nSPS) is 18.3. The van der Waals surface area contributed by atoms with Gasteiger partial charge >= 0.3 is 0 Å². The Bertz CT molecular complexity index is 949. The second-order valence-corrected chi connectivity index (χ2v) is 7.00. The van der Waals surface area contributed by atoms with Crippen LogP contribution in [0.15, 0.2) is 67.0 Å². The lowest BCUT2D eigenvalue weighted by molar-refractivity contribution is 0.563. The van der Waals surface area contributed by atoms with Gasteiger partial charge in [0.05, 0.1) is 18.6 Å². The molecule has 2 aromatic carbocycles. The van der Waals surface area contributed by atoms with E-state index in [2.05, 4.69) is 80.0 Å². The Kier molecular flexibility index (Phi) is 6.07. The van der Waals surface area contributed by atoms with Crippen molar-refractivity contribution < 1.29 is 0 Å². The summed E-state index contributed by atoms with van der Waals surface area (Å²) >= 11 is 0. The molecule has 0 amide bonds. The Morgan fingerprint density at radius 2 is 1.69 bits per heavy atom. The average molecular weight is 385 g/mol. The van der Waals surface area contributed by atoms with E-state index in [1.807, 2.05) is 12.1 Å². The lowest BCUT2D eigenvalue weighted by atomic mass is 10.0. The molecule has 2 unspecified atom stereocenters. The van der Waals surface area contributed by atoms with Gasteiger partial charge in [0.2, 0.25) is 0 Å². The van der Waals surface area contributed by atoms with E-state index in [1.165, 1.54) is 22.9 Å². The van der Waals surface area contributed by atoms with Crippen molar-refractivity contribution in [2.24, 2.45) is 0 Å². The summed E-state index contributed by atoms with van der Waals surface area (Å²) in [5.74, 6) is 0.642. The standard InChI is InChI=1S/C22H23N7/c23-11-19-14-26-22(15-25-19)27-21-10-20(28-29-21)18-8-6-17(7-9-18)13-24-12-16-4-2-1-3-5-16/h1-9,14-15,20-21,24,28-29H,10,12-13H2,(H,26,27). The molecule has 0 saturated carbocycles. The van der Waals surface area contributed by atoms with Crippen molar-refractivity contribution in [1.29, 1.82) is 5.26 Å². The first-order valence-electron chi connectivity index (χ1n) is 9.63. The molecule has 29 heavy (non-hydrogen) atoms. The molecule has 1 saturated heterocycles. The van der Waals surface area contributed by atoms with Crippen LogP contribution < -0.4 is 21.5 Å². The van der Waals surface area contributed by atoms with Crippen molar-refractivity contribution in [1.82, 2.24) is 26.1 Å². The maximum atomic E-state index is 8.79. The van der Waals surface area contributed by atoms with E-state index >= 15 is 0 Å². The van der Waals surface area contributed by atoms with Crippen LogP contribution in [-0.2, 0) is 13.1 Å². The smallest absolute Gasteiger partial charge is 0.158 e. The number of benzene rings is 2. The summed E-state index contributed by atoms with van der Waals surface area (Å²) in [5.41, 5.74) is 10.7. The van der Waals surface area contributed by atoms with Crippen LogP contribution in [0, 0.1) is 11.3 Å². The molecular formula is C22H23N7. The molecule has 1 aliphatic heterocycles. The molecule has 7 heteroatoms. The zero-order valence-corrected chi connectivity index (χ0v) is 16.0. The third-order valence-corrected chi connectivity index (χ3v) is 4.87. The molecule has 0 bridgehead atoms. The molecule has 4 N–H and O–H groups in total. The Morgan fingerprint density at radius 1 is 0.931 bits per heavy atom. The molecule has 2 heterocycles.